The van der Waals surface area contributed by atoms with Gasteiger partial charge in [0.1, 0.15) is 18.6 Å². The molecule has 8 atom stereocenters. The van der Waals surface area contributed by atoms with E-state index < -0.39 is 42.2 Å². The van der Waals surface area contributed by atoms with Crippen LogP contribution in [0.2, 0.25) is 0 Å². The van der Waals surface area contributed by atoms with Crippen molar-refractivity contribution in [2.45, 2.75) is 62.3 Å². The molecule has 5 rings (SSSR count). The Balaban J connectivity index is 1.21. The van der Waals surface area contributed by atoms with E-state index in [1.54, 1.807) is 6.92 Å². The zero-order chi connectivity index (χ0) is 29.6. The van der Waals surface area contributed by atoms with Crippen LogP contribution in [0.1, 0.15) is 20.3 Å². The molecule has 18 heteroatoms. The van der Waals surface area contributed by atoms with Crippen molar-refractivity contribution in [1.29, 1.82) is 0 Å². The van der Waals surface area contributed by atoms with E-state index in [1.165, 1.54) is 32.6 Å². The van der Waals surface area contributed by atoms with Gasteiger partial charge in [-0.2, -0.15) is 0 Å². The van der Waals surface area contributed by atoms with Gasteiger partial charge in [0.2, 0.25) is 17.7 Å². The van der Waals surface area contributed by atoms with Gasteiger partial charge in [0, 0.05) is 41.7 Å². The molecule has 4 aliphatic rings. The van der Waals surface area contributed by atoms with Gasteiger partial charge in [-0.15, -0.1) is 16.9 Å². The molecular formula is C23H33N11O6S. The van der Waals surface area contributed by atoms with Crippen LogP contribution in [-0.2, 0) is 25.7 Å². The van der Waals surface area contributed by atoms with Crippen molar-refractivity contribution in [1.82, 2.24) is 40.6 Å². The van der Waals surface area contributed by atoms with Crippen molar-refractivity contribution in [2.75, 3.05) is 19.6 Å². The van der Waals surface area contributed by atoms with Gasteiger partial charge in [0.05, 0.1) is 30.1 Å². The number of aliphatic hydroxyl groups is 1. The van der Waals surface area contributed by atoms with Crippen LogP contribution in [0.3, 0.4) is 0 Å². The van der Waals surface area contributed by atoms with Crippen molar-refractivity contribution in [3.63, 3.8) is 0 Å². The lowest BCUT2D eigenvalue weighted by molar-refractivity contribution is -0.158. The fraction of sp³-hybridized carbons (Fsp3) is 0.652. The number of aliphatic carboxylic acids is 1. The number of carboxylic acid groups (broad SMARTS) is 1. The van der Waals surface area contributed by atoms with Crippen molar-refractivity contribution < 1.29 is 29.4 Å². The molecule has 0 aromatic carbocycles. The molecule has 3 saturated heterocycles. The smallest absolute Gasteiger partial charge is 0.353 e. The fourth-order valence-corrected chi connectivity index (χ4v) is 7.61. The standard InChI is InChI=1S/C23H33N11O6S/c1-9-17-16(10(2)28-15(36)7-33-8-27-30-31-33)21(38)34(17)18(22(39)40)19(9)41-11-3-12(26-4-11)20(37)32-5-13(14(35)6-32)29-23(24)25/h8-14,16-17,26,35H,3-7H2,1-2H3,(H,28,36)(H,39,40)(H4,24,25,29)/t9-,10-,11+,12+,13-,14-,16-,17-/m1/s1. The minimum Gasteiger partial charge on any atom is -0.477 e. The maximum atomic E-state index is 13.2. The van der Waals surface area contributed by atoms with Crippen LogP contribution in [0.5, 0.6) is 0 Å². The highest BCUT2D eigenvalue weighted by atomic mass is 32.2. The van der Waals surface area contributed by atoms with Crippen molar-refractivity contribution >= 4 is 41.4 Å². The van der Waals surface area contributed by atoms with Crippen molar-refractivity contribution in [2.24, 2.45) is 28.3 Å². The van der Waals surface area contributed by atoms with E-state index in [0.29, 0.717) is 17.9 Å². The molecule has 0 aliphatic carbocycles. The van der Waals surface area contributed by atoms with Crippen LogP contribution in [0.25, 0.3) is 0 Å². The third kappa shape index (κ3) is 5.45. The van der Waals surface area contributed by atoms with Crippen molar-refractivity contribution in [3.05, 3.63) is 16.9 Å². The molecule has 41 heavy (non-hydrogen) atoms. The van der Waals surface area contributed by atoms with Crippen LogP contribution < -0.4 is 22.1 Å². The van der Waals surface area contributed by atoms with E-state index in [-0.39, 0.29) is 60.2 Å². The molecule has 1 aromatic heterocycles. The number of aliphatic imine (C=N–C) groups is 1. The highest BCUT2D eigenvalue weighted by molar-refractivity contribution is 8.03. The lowest BCUT2D eigenvalue weighted by Gasteiger charge is -2.47. The summed E-state index contributed by atoms with van der Waals surface area (Å²) in [5.74, 6) is -3.13. The minimum absolute atomic E-state index is 0.0431. The zero-order valence-corrected chi connectivity index (χ0v) is 23.3. The first kappa shape index (κ1) is 28.7. The molecule has 1 aromatic rings. The second-order valence-electron chi connectivity index (χ2n) is 10.8. The van der Waals surface area contributed by atoms with E-state index in [9.17, 15) is 29.4 Å². The molecule has 3 fully saturated rings. The van der Waals surface area contributed by atoms with Gasteiger partial charge in [-0.05, 0) is 23.8 Å². The average Bonchev–Trinajstić information content (AvgIpc) is 3.68. The number of thioether (sulfide) groups is 1. The van der Waals surface area contributed by atoms with Crippen LogP contribution in [0.4, 0.5) is 0 Å². The maximum Gasteiger partial charge on any atom is 0.353 e. The summed E-state index contributed by atoms with van der Waals surface area (Å²) < 4.78 is 1.26. The normalized spacial score (nSPS) is 31.6. The maximum absolute atomic E-state index is 13.2. The summed E-state index contributed by atoms with van der Waals surface area (Å²) in [4.78, 5) is 58.5. The number of carbonyl (C=O) groups is 4. The molecular weight excluding hydrogens is 558 g/mol. The van der Waals surface area contributed by atoms with E-state index in [0.717, 1.165) is 0 Å². The fourth-order valence-electron chi connectivity index (χ4n) is 6.13. The number of likely N-dealkylation sites (tertiary alicyclic amines) is 1. The highest BCUT2D eigenvalue weighted by Gasteiger charge is 2.60. The van der Waals surface area contributed by atoms with Gasteiger partial charge in [-0.25, -0.2) is 14.5 Å². The summed E-state index contributed by atoms with van der Waals surface area (Å²) in [6.07, 6.45) is 0.884. The number of β-amino-alcohol motifs (C(OH)–C–C–N with tert-alkyl or cyclic N) is 1. The van der Waals surface area contributed by atoms with Crippen molar-refractivity contribution in [3.8, 4) is 0 Å². The summed E-state index contributed by atoms with van der Waals surface area (Å²) >= 11 is 1.37. The second-order valence-corrected chi connectivity index (χ2v) is 12.1. The molecule has 17 nitrogen and oxygen atoms in total. The number of carboxylic acids is 1. The third-order valence-electron chi connectivity index (χ3n) is 7.98. The monoisotopic (exact) mass is 591 g/mol. The number of nitrogens with zero attached hydrogens (tertiary/aromatic N) is 7. The molecule has 0 radical (unpaired) electrons. The topological polar surface area (TPSA) is 247 Å². The summed E-state index contributed by atoms with van der Waals surface area (Å²) in [5, 5.41) is 36.8. The first-order valence-electron chi connectivity index (χ1n) is 13.2. The number of nitrogens with one attached hydrogen (secondary N) is 2. The average molecular weight is 592 g/mol. The van der Waals surface area contributed by atoms with Gasteiger partial charge in [0.15, 0.2) is 5.96 Å². The first-order valence-corrected chi connectivity index (χ1v) is 14.1. The number of guanidine groups is 1. The summed E-state index contributed by atoms with van der Waals surface area (Å²) in [6.45, 7) is 4.27. The molecule has 5 heterocycles. The minimum atomic E-state index is -1.19. The Kier molecular flexibility index (Phi) is 7.89. The molecule has 3 amide bonds. The number of nitrogens with two attached hydrogens (primary N) is 2. The van der Waals surface area contributed by atoms with Crippen LogP contribution in [0.15, 0.2) is 21.9 Å². The van der Waals surface area contributed by atoms with Gasteiger partial charge < -0.3 is 42.1 Å². The molecule has 0 saturated carbocycles. The molecule has 0 bridgehead atoms. The largest absolute Gasteiger partial charge is 0.477 e. The van der Waals surface area contributed by atoms with E-state index in [1.807, 2.05) is 6.92 Å². The number of aromatic nitrogens is 4. The summed E-state index contributed by atoms with van der Waals surface area (Å²) in [6, 6.07) is -2.04. The Labute approximate surface area is 238 Å². The lowest BCUT2D eigenvalue weighted by atomic mass is 9.78. The number of carbonyl (C=O) groups excluding carboxylic acids is 3. The Morgan fingerprint density at radius 3 is 2.73 bits per heavy atom. The highest BCUT2D eigenvalue weighted by Crippen LogP contribution is 2.51. The Morgan fingerprint density at radius 2 is 2.07 bits per heavy atom. The van der Waals surface area contributed by atoms with Crippen LogP contribution in [-0.4, -0.2) is 125 Å². The van der Waals surface area contributed by atoms with Gasteiger partial charge >= 0.3 is 5.97 Å². The van der Waals surface area contributed by atoms with Gasteiger partial charge in [-0.1, -0.05) is 6.92 Å². The summed E-state index contributed by atoms with van der Waals surface area (Å²) in [5.41, 5.74) is 10.8. The number of amides is 3. The van der Waals surface area contributed by atoms with E-state index in [2.05, 4.69) is 31.2 Å². The predicted molar refractivity (Wildman–Crippen MR) is 143 cm³/mol. The first-order chi connectivity index (χ1) is 19.5. The zero-order valence-electron chi connectivity index (χ0n) is 22.5. The number of tetrazole rings is 1. The van der Waals surface area contributed by atoms with Crippen LogP contribution in [0, 0.1) is 11.8 Å². The summed E-state index contributed by atoms with van der Waals surface area (Å²) in [7, 11) is 0. The Hall–Kier alpha value is -3.77. The van der Waals surface area contributed by atoms with Gasteiger partial charge in [0.25, 0.3) is 0 Å². The molecule has 8 N–H and O–H groups in total. The number of aliphatic hydroxyl groups excluding tert-OH is 1. The van der Waals surface area contributed by atoms with Crippen LogP contribution >= 0.6 is 11.8 Å². The molecule has 0 spiro atoms. The number of fused-ring (bicyclic) bond motifs is 1. The third-order valence-corrected chi connectivity index (χ3v) is 9.50. The molecule has 0 unspecified atom stereocenters. The Bertz CT molecular complexity index is 1280. The SMILES string of the molecule is C[C@@H](NC(=O)Cn1cnnn1)[C@H]1C(=O)N2C(C(=O)O)=C(S[C@@H]3CN[C@H](C(=O)N4C[C@@H](O)[C@H](N=C(N)N)C4)C3)[C@H](C)[C@H]12. The predicted octanol–water partition coefficient (Wildman–Crippen LogP) is -3.74. The van der Waals surface area contributed by atoms with Gasteiger partial charge in [-0.3, -0.25) is 14.4 Å². The lowest BCUT2D eigenvalue weighted by Crippen LogP contribution is -2.66. The number of rotatable bonds is 9. The van der Waals surface area contributed by atoms with E-state index >= 15 is 0 Å². The van der Waals surface area contributed by atoms with E-state index in [4.69, 9.17) is 11.5 Å². The number of hydrogen-bond donors (Lipinski definition) is 6. The number of hydrogen-bond acceptors (Lipinski definition) is 11. The number of β-lactam (4-membered cyclic amide) rings is 1. The second kappa shape index (κ2) is 11.2. The quantitative estimate of drug-likeness (QED) is 0.0919. The Morgan fingerprint density at radius 1 is 1.32 bits per heavy atom. The molecule has 4 aliphatic heterocycles. The molecule has 222 valence electrons.